The highest BCUT2D eigenvalue weighted by molar-refractivity contribution is 5.80. The van der Waals surface area contributed by atoms with Gasteiger partial charge in [-0.1, -0.05) is 6.92 Å². The van der Waals surface area contributed by atoms with Crippen molar-refractivity contribution >= 4 is 5.96 Å². The number of rotatable bonds is 3. The Hall–Kier alpha value is -1.52. The van der Waals surface area contributed by atoms with Crippen LogP contribution in [0.4, 0.5) is 0 Å². The fraction of sp³-hybridized carbons (Fsp3) is 0.636. The molecule has 0 radical (unpaired) electrons. The van der Waals surface area contributed by atoms with Crippen LogP contribution in [0.25, 0.3) is 0 Å². The first-order valence-corrected chi connectivity index (χ1v) is 5.77. The van der Waals surface area contributed by atoms with E-state index in [4.69, 9.17) is 4.42 Å². The molecular weight excluding hydrogens is 204 g/mol. The Morgan fingerprint density at radius 1 is 1.50 bits per heavy atom. The van der Waals surface area contributed by atoms with Crippen molar-refractivity contribution in [2.24, 2.45) is 4.99 Å². The summed E-state index contributed by atoms with van der Waals surface area (Å²) < 4.78 is 5.60. The first kappa shape index (κ1) is 11.0. The molecule has 0 aliphatic carbocycles. The Morgan fingerprint density at radius 2 is 2.38 bits per heavy atom. The van der Waals surface area contributed by atoms with Crippen molar-refractivity contribution in [3.63, 3.8) is 0 Å². The maximum absolute atomic E-state index is 5.60. The van der Waals surface area contributed by atoms with Gasteiger partial charge in [-0.25, -0.2) is 4.98 Å². The maximum atomic E-state index is 5.60. The average molecular weight is 222 g/mol. The molecule has 0 atom stereocenters. The Morgan fingerprint density at radius 3 is 3.00 bits per heavy atom. The van der Waals surface area contributed by atoms with Crippen LogP contribution in [0.1, 0.15) is 30.7 Å². The van der Waals surface area contributed by atoms with Gasteiger partial charge in [-0.3, -0.25) is 4.99 Å². The number of nitrogens with one attached hydrogen (secondary N) is 2. The number of oxazole rings is 1. The molecule has 0 spiro atoms. The van der Waals surface area contributed by atoms with Gasteiger partial charge in [-0.15, -0.1) is 0 Å². The van der Waals surface area contributed by atoms with E-state index in [1.54, 1.807) is 0 Å². The van der Waals surface area contributed by atoms with Crippen molar-refractivity contribution in [1.29, 1.82) is 0 Å². The van der Waals surface area contributed by atoms with Gasteiger partial charge in [0.25, 0.3) is 0 Å². The fourth-order valence-electron chi connectivity index (χ4n) is 1.62. The van der Waals surface area contributed by atoms with Crippen molar-refractivity contribution < 1.29 is 4.42 Å². The van der Waals surface area contributed by atoms with Gasteiger partial charge in [0.05, 0.1) is 12.2 Å². The Bertz CT molecular complexity index is 383. The molecule has 0 amide bonds. The third-order valence-corrected chi connectivity index (χ3v) is 2.55. The second-order valence-corrected chi connectivity index (χ2v) is 3.83. The van der Waals surface area contributed by atoms with Gasteiger partial charge in [0, 0.05) is 19.5 Å². The molecule has 0 unspecified atom stereocenters. The summed E-state index contributed by atoms with van der Waals surface area (Å²) in [6, 6.07) is 0. The van der Waals surface area contributed by atoms with Gasteiger partial charge < -0.3 is 15.1 Å². The van der Waals surface area contributed by atoms with E-state index < -0.39 is 0 Å². The first-order valence-electron chi connectivity index (χ1n) is 5.77. The summed E-state index contributed by atoms with van der Waals surface area (Å²) in [5, 5.41) is 6.43. The molecule has 2 rings (SSSR count). The second-order valence-electron chi connectivity index (χ2n) is 3.83. The van der Waals surface area contributed by atoms with Crippen LogP contribution in [0.2, 0.25) is 0 Å². The minimum Gasteiger partial charge on any atom is -0.444 e. The van der Waals surface area contributed by atoms with Crippen LogP contribution in [0.5, 0.6) is 0 Å². The summed E-state index contributed by atoms with van der Waals surface area (Å²) in [5.41, 5.74) is 0.959. The van der Waals surface area contributed by atoms with E-state index in [-0.39, 0.29) is 0 Å². The van der Waals surface area contributed by atoms with E-state index in [0.29, 0.717) is 6.54 Å². The van der Waals surface area contributed by atoms with E-state index in [9.17, 15) is 0 Å². The number of hydrogen-bond acceptors (Lipinski definition) is 5. The van der Waals surface area contributed by atoms with E-state index in [2.05, 4.69) is 20.6 Å². The van der Waals surface area contributed by atoms with Gasteiger partial charge in [-0.2, -0.15) is 0 Å². The quantitative estimate of drug-likeness (QED) is 0.800. The van der Waals surface area contributed by atoms with Gasteiger partial charge in [0.15, 0.2) is 11.9 Å². The minimum absolute atomic E-state index is 0.644. The van der Waals surface area contributed by atoms with Gasteiger partial charge in [-0.05, 0) is 13.3 Å². The molecule has 2 N–H and O–H groups in total. The lowest BCUT2D eigenvalue weighted by atomic mass is 10.3. The molecule has 0 aromatic carbocycles. The lowest BCUT2D eigenvalue weighted by molar-refractivity contribution is 0.453. The van der Waals surface area contributed by atoms with Crippen molar-refractivity contribution in [2.75, 3.05) is 13.1 Å². The molecule has 5 heteroatoms. The van der Waals surface area contributed by atoms with E-state index in [1.807, 2.05) is 13.8 Å². The average Bonchev–Trinajstić information content (AvgIpc) is 2.69. The zero-order chi connectivity index (χ0) is 11.4. The van der Waals surface area contributed by atoms with Crippen LogP contribution in [-0.4, -0.2) is 24.0 Å². The summed E-state index contributed by atoms with van der Waals surface area (Å²) >= 11 is 0. The van der Waals surface area contributed by atoms with Crippen LogP contribution in [0.3, 0.4) is 0 Å². The summed E-state index contributed by atoms with van der Waals surface area (Å²) in [7, 11) is 0. The van der Waals surface area contributed by atoms with Crippen LogP contribution >= 0.6 is 0 Å². The molecule has 16 heavy (non-hydrogen) atoms. The minimum atomic E-state index is 0.644. The molecule has 1 aromatic heterocycles. The van der Waals surface area contributed by atoms with Gasteiger partial charge in [0.1, 0.15) is 5.76 Å². The molecular formula is C11H18N4O. The molecule has 1 aromatic rings. The predicted molar refractivity (Wildman–Crippen MR) is 62.4 cm³/mol. The van der Waals surface area contributed by atoms with Crippen molar-refractivity contribution in [3.8, 4) is 0 Å². The molecule has 1 aliphatic rings. The zero-order valence-electron chi connectivity index (χ0n) is 9.84. The number of aryl methyl sites for hydroxylation is 2. The Labute approximate surface area is 95.4 Å². The molecule has 0 saturated carbocycles. The number of aliphatic imine (C=N–C) groups is 1. The molecule has 0 bridgehead atoms. The largest absolute Gasteiger partial charge is 0.444 e. The highest BCUT2D eigenvalue weighted by atomic mass is 16.4. The number of guanidine groups is 1. The van der Waals surface area contributed by atoms with E-state index in [0.717, 1.165) is 49.2 Å². The summed E-state index contributed by atoms with van der Waals surface area (Å²) in [6.07, 6.45) is 1.94. The fourth-order valence-corrected chi connectivity index (χ4v) is 1.62. The molecule has 5 nitrogen and oxygen atoms in total. The molecule has 2 heterocycles. The number of hydrogen-bond donors (Lipinski definition) is 2. The molecule has 0 fully saturated rings. The third kappa shape index (κ3) is 2.53. The number of nitrogens with zero attached hydrogens (tertiary/aromatic N) is 2. The SMILES string of the molecule is CCc1nc(C)c(CNC2=NCCCN2)o1. The van der Waals surface area contributed by atoms with Crippen molar-refractivity contribution in [3.05, 3.63) is 17.3 Å². The van der Waals surface area contributed by atoms with Gasteiger partial charge in [0.2, 0.25) is 0 Å². The highest BCUT2D eigenvalue weighted by Crippen LogP contribution is 2.10. The van der Waals surface area contributed by atoms with Gasteiger partial charge >= 0.3 is 0 Å². The van der Waals surface area contributed by atoms with Crippen LogP contribution < -0.4 is 10.6 Å². The topological polar surface area (TPSA) is 62.5 Å². The zero-order valence-corrected chi connectivity index (χ0v) is 9.84. The second kappa shape index (κ2) is 5.01. The summed E-state index contributed by atoms with van der Waals surface area (Å²) in [5.74, 6) is 2.56. The molecule has 88 valence electrons. The van der Waals surface area contributed by atoms with E-state index in [1.165, 1.54) is 0 Å². The van der Waals surface area contributed by atoms with Crippen molar-refractivity contribution in [2.45, 2.75) is 33.2 Å². The third-order valence-electron chi connectivity index (χ3n) is 2.55. The van der Waals surface area contributed by atoms with E-state index >= 15 is 0 Å². The summed E-state index contributed by atoms with van der Waals surface area (Å²) in [4.78, 5) is 8.66. The first-order chi connectivity index (χ1) is 7.79. The molecule has 1 aliphatic heterocycles. The lowest BCUT2D eigenvalue weighted by Crippen LogP contribution is -2.40. The monoisotopic (exact) mass is 222 g/mol. The van der Waals surface area contributed by atoms with Crippen LogP contribution in [0.15, 0.2) is 9.41 Å². The number of aromatic nitrogens is 1. The predicted octanol–water partition coefficient (Wildman–Crippen LogP) is 0.984. The Balaban J connectivity index is 1.93. The lowest BCUT2D eigenvalue weighted by Gasteiger charge is -2.15. The standard InChI is InChI=1S/C11H18N4O/c1-3-10-15-8(2)9(16-10)7-14-11-12-5-4-6-13-11/h3-7H2,1-2H3,(H2,12,13,14). The molecule has 0 saturated heterocycles. The van der Waals surface area contributed by atoms with Crippen molar-refractivity contribution in [1.82, 2.24) is 15.6 Å². The van der Waals surface area contributed by atoms with Crippen LogP contribution in [-0.2, 0) is 13.0 Å². The Kier molecular flexibility index (Phi) is 3.44. The summed E-state index contributed by atoms with van der Waals surface area (Å²) in [6.45, 7) is 6.53. The normalized spacial score (nSPS) is 15.5. The van der Waals surface area contributed by atoms with Crippen LogP contribution in [0, 0.1) is 6.92 Å². The highest BCUT2D eigenvalue weighted by Gasteiger charge is 2.09. The maximum Gasteiger partial charge on any atom is 0.194 e. The smallest absolute Gasteiger partial charge is 0.194 e.